The Bertz CT molecular complexity index is 4620. The zero-order chi connectivity index (χ0) is 45.2. The van der Waals surface area contributed by atoms with Crippen molar-refractivity contribution in [1.82, 2.24) is 24.1 Å². The van der Waals surface area contributed by atoms with Crippen molar-refractivity contribution >= 4 is 97.9 Å². The average Bonchev–Trinajstić information content (AvgIpc) is 4.07. The average molecular weight is 880 g/mol. The number of para-hydroxylation sites is 3. The number of benzene rings is 11. The van der Waals surface area contributed by atoms with E-state index in [1.807, 2.05) is 0 Å². The van der Waals surface area contributed by atoms with Crippen LogP contribution in [-0.4, -0.2) is 24.1 Å². The molecule has 69 heavy (non-hydrogen) atoms. The molecule has 0 amide bonds. The predicted octanol–water partition coefficient (Wildman–Crippen LogP) is 16.4. The first-order valence-electron chi connectivity index (χ1n) is 23.3. The number of hydrogen-bond donors (Lipinski definition) is 0. The van der Waals surface area contributed by atoms with Crippen LogP contribution in [0.3, 0.4) is 0 Å². The van der Waals surface area contributed by atoms with Crippen molar-refractivity contribution in [2.75, 3.05) is 0 Å². The van der Waals surface area contributed by atoms with Crippen LogP contribution in [0, 0.1) is 0 Å². The molecule has 15 rings (SSSR count). The van der Waals surface area contributed by atoms with Gasteiger partial charge in [0.1, 0.15) is 5.58 Å². The van der Waals surface area contributed by atoms with Crippen LogP contribution in [0.25, 0.3) is 143 Å². The molecule has 6 heteroatoms. The van der Waals surface area contributed by atoms with Gasteiger partial charge in [-0.25, -0.2) is 15.0 Å². The molecule has 0 N–H and O–H groups in total. The Labute approximate surface area is 394 Å². The summed E-state index contributed by atoms with van der Waals surface area (Å²) in [4.78, 5) is 16.4. The molecule has 4 aromatic heterocycles. The maximum absolute atomic E-state index is 7.20. The first-order chi connectivity index (χ1) is 34.2. The van der Waals surface area contributed by atoms with E-state index in [0.717, 1.165) is 104 Å². The van der Waals surface area contributed by atoms with Gasteiger partial charge in [0.2, 0.25) is 0 Å². The molecule has 4 heterocycles. The second-order valence-corrected chi connectivity index (χ2v) is 18.0. The highest BCUT2D eigenvalue weighted by molar-refractivity contribution is 6.20. The molecule has 0 bridgehead atoms. The van der Waals surface area contributed by atoms with Crippen LogP contribution in [0.5, 0.6) is 0 Å². The van der Waals surface area contributed by atoms with E-state index in [1.165, 1.54) is 21.5 Å². The fourth-order valence-corrected chi connectivity index (χ4v) is 11.0. The van der Waals surface area contributed by atoms with E-state index >= 15 is 0 Å². The summed E-state index contributed by atoms with van der Waals surface area (Å²) in [5.41, 5.74) is 10.7. The highest BCUT2D eigenvalue weighted by atomic mass is 16.3. The van der Waals surface area contributed by atoms with Crippen molar-refractivity contribution in [3.63, 3.8) is 0 Å². The molecule has 0 fully saturated rings. The largest absolute Gasteiger partial charge is 0.454 e. The third-order valence-electron chi connectivity index (χ3n) is 14.1. The molecule has 0 aliphatic carbocycles. The Morgan fingerprint density at radius 3 is 1.64 bits per heavy atom. The molecule has 0 saturated carbocycles. The maximum Gasteiger partial charge on any atom is 0.164 e. The van der Waals surface area contributed by atoms with Gasteiger partial charge in [0.15, 0.2) is 23.1 Å². The van der Waals surface area contributed by atoms with Gasteiger partial charge in [-0.05, 0) is 105 Å². The summed E-state index contributed by atoms with van der Waals surface area (Å²) in [5.74, 6) is 1.75. The third-order valence-corrected chi connectivity index (χ3v) is 14.1. The maximum atomic E-state index is 7.20. The van der Waals surface area contributed by atoms with E-state index < -0.39 is 0 Å². The van der Waals surface area contributed by atoms with Gasteiger partial charge in [0.05, 0.1) is 27.8 Å². The fourth-order valence-electron chi connectivity index (χ4n) is 11.0. The summed E-state index contributed by atoms with van der Waals surface area (Å²) in [5, 5.41) is 13.4. The molecule has 0 aliphatic rings. The number of nitrogens with zero attached hydrogens (tertiary/aromatic N) is 5. The zero-order valence-electron chi connectivity index (χ0n) is 37.0. The fraction of sp³-hybridized carbons (Fsp3) is 0. The molecule has 0 atom stereocenters. The van der Waals surface area contributed by atoms with Crippen LogP contribution in [0.4, 0.5) is 0 Å². The lowest BCUT2D eigenvalue weighted by Gasteiger charge is -2.13. The van der Waals surface area contributed by atoms with Gasteiger partial charge in [0.25, 0.3) is 0 Å². The molecule has 0 radical (unpaired) electrons. The minimum atomic E-state index is 0.563. The minimum absolute atomic E-state index is 0.563. The van der Waals surface area contributed by atoms with Gasteiger partial charge in [-0.2, -0.15) is 0 Å². The standard InChI is InChI=1S/C63H37N5O/c1-2-21-45(22-3-1)67-53-27-13-11-24-47(53)58-48(25-14-28-54(58)67)62-64-61(44-30-29-38-15-4-5-16-39(38)33-44)65-63(66-62)49-31-32-55(60-59(49)51-35-41-18-7-9-20-43(41)37-57(51)69-60)68-52-26-12-10-23-46(52)50-34-40-17-6-8-19-42(40)36-56(50)68/h1-37H. The Morgan fingerprint density at radius 1 is 0.319 bits per heavy atom. The molecule has 11 aromatic carbocycles. The van der Waals surface area contributed by atoms with Crippen molar-refractivity contribution in [2.24, 2.45) is 0 Å². The molecule has 0 spiro atoms. The van der Waals surface area contributed by atoms with Gasteiger partial charge >= 0.3 is 0 Å². The lowest BCUT2D eigenvalue weighted by Crippen LogP contribution is -2.02. The molecular formula is C63H37N5O. The Balaban J connectivity index is 1.05. The SMILES string of the molecule is c1ccc(-n2c3ccccc3c3c(-c4nc(-c5ccc6ccccc6c5)nc(-c5ccc(-n6c7ccccc7c7cc8ccccc8cc76)c6oc7cc8ccccc8cc7c56)n4)cccc32)cc1. The highest BCUT2D eigenvalue weighted by Crippen LogP contribution is 2.45. The smallest absolute Gasteiger partial charge is 0.164 e. The molecule has 0 unspecified atom stereocenters. The predicted molar refractivity (Wildman–Crippen MR) is 285 cm³/mol. The zero-order valence-corrected chi connectivity index (χ0v) is 37.0. The number of fused-ring (bicyclic) bond motifs is 12. The molecular weight excluding hydrogens is 843 g/mol. The van der Waals surface area contributed by atoms with Crippen LogP contribution in [-0.2, 0) is 0 Å². The van der Waals surface area contributed by atoms with Crippen molar-refractivity contribution in [3.8, 4) is 45.5 Å². The number of rotatable bonds is 5. The van der Waals surface area contributed by atoms with Gasteiger partial charge in [-0.15, -0.1) is 0 Å². The summed E-state index contributed by atoms with van der Waals surface area (Å²) in [7, 11) is 0. The molecule has 0 saturated heterocycles. The van der Waals surface area contributed by atoms with Crippen LogP contribution in [0.1, 0.15) is 0 Å². The molecule has 15 aromatic rings. The Kier molecular flexibility index (Phi) is 7.97. The Morgan fingerprint density at radius 2 is 0.884 bits per heavy atom. The monoisotopic (exact) mass is 879 g/mol. The van der Waals surface area contributed by atoms with Gasteiger partial charge in [-0.1, -0.05) is 152 Å². The normalized spacial score (nSPS) is 12.1. The van der Waals surface area contributed by atoms with Gasteiger partial charge in [-0.3, -0.25) is 0 Å². The van der Waals surface area contributed by atoms with Crippen molar-refractivity contribution in [1.29, 1.82) is 0 Å². The highest BCUT2D eigenvalue weighted by Gasteiger charge is 2.25. The quantitative estimate of drug-likeness (QED) is 0.173. The summed E-state index contributed by atoms with van der Waals surface area (Å²) >= 11 is 0. The second kappa shape index (κ2) is 14.6. The van der Waals surface area contributed by atoms with Crippen LogP contribution < -0.4 is 0 Å². The summed E-state index contributed by atoms with van der Waals surface area (Å²) in [6.07, 6.45) is 0. The number of hydrogen-bond acceptors (Lipinski definition) is 4. The van der Waals surface area contributed by atoms with Gasteiger partial charge < -0.3 is 13.6 Å². The second-order valence-electron chi connectivity index (χ2n) is 18.0. The van der Waals surface area contributed by atoms with E-state index in [9.17, 15) is 0 Å². The van der Waals surface area contributed by atoms with Crippen LogP contribution in [0.2, 0.25) is 0 Å². The van der Waals surface area contributed by atoms with Crippen LogP contribution >= 0.6 is 0 Å². The lowest BCUT2D eigenvalue weighted by atomic mass is 10.0. The van der Waals surface area contributed by atoms with E-state index in [2.05, 4.69) is 234 Å². The van der Waals surface area contributed by atoms with Gasteiger partial charge in [0, 0.05) is 54.7 Å². The Hall–Kier alpha value is -9.39. The first kappa shape index (κ1) is 37.8. The minimum Gasteiger partial charge on any atom is -0.454 e. The number of aromatic nitrogens is 5. The topological polar surface area (TPSA) is 61.7 Å². The summed E-state index contributed by atoms with van der Waals surface area (Å²) < 4.78 is 11.9. The van der Waals surface area contributed by atoms with E-state index in [1.54, 1.807) is 0 Å². The molecule has 320 valence electrons. The number of furan rings is 1. The third kappa shape index (κ3) is 5.69. The summed E-state index contributed by atoms with van der Waals surface area (Å²) in [6.45, 7) is 0. The van der Waals surface area contributed by atoms with E-state index in [4.69, 9.17) is 19.4 Å². The van der Waals surface area contributed by atoms with E-state index in [-0.39, 0.29) is 0 Å². The van der Waals surface area contributed by atoms with Crippen molar-refractivity contribution in [2.45, 2.75) is 0 Å². The van der Waals surface area contributed by atoms with Crippen molar-refractivity contribution < 1.29 is 4.42 Å². The summed E-state index contributed by atoms with van der Waals surface area (Å²) in [6, 6.07) is 79.7. The van der Waals surface area contributed by atoms with Crippen LogP contribution in [0.15, 0.2) is 229 Å². The van der Waals surface area contributed by atoms with Crippen molar-refractivity contribution in [3.05, 3.63) is 224 Å². The lowest BCUT2D eigenvalue weighted by molar-refractivity contribution is 0.667. The first-order valence-corrected chi connectivity index (χ1v) is 23.3. The van der Waals surface area contributed by atoms with E-state index in [0.29, 0.717) is 17.5 Å². The molecule has 0 aliphatic heterocycles. The molecule has 6 nitrogen and oxygen atoms in total.